The molecule has 1 aliphatic rings. The minimum atomic E-state index is 0.464. The monoisotopic (exact) mass is 126 g/mol. The zero-order chi connectivity index (χ0) is 6.69. The van der Waals surface area contributed by atoms with Crippen LogP contribution in [0.3, 0.4) is 0 Å². The first-order valence-electron chi connectivity index (χ1n) is 2.96. The Balaban J connectivity index is 2.39. The molecule has 3 nitrogen and oxygen atoms in total. The lowest BCUT2D eigenvalue weighted by atomic mass is 10.5. The second-order valence-corrected chi connectivity index (χ2v) is 1.99. The highest BCUT2D eigenvalue weighted by molar-refractivity contribution is 5.52. The van der Waals surface area contributed by atoms with Gasteiger partial charge in [-0.2, -0.15) is 0 Å². The molecule has 0 unspecified atom stereocenters. The SMILES string of the molecule is C=C1NCCN1CC=O. The Labute approximate surface area is 54.3 Å². The van der Waals surface area contributed by atoms with Crippen molar-refractivity contribution in [1.82, 2.24) is 10.2 Å². The summed E-state index contributed by atoms with van der Waals surface area (Å²) in [6, 6.07) is 0. The predicted molar refractivity (Wildman–Crippen MR) is 34.8 cm³/mol. The second-order valence-electron chi connectivity index (χ2n) is 1.99. The largest absolute Gasteiger partial charge is 0.370 e. The number of aldehydes is 1. The topological polar surface area (TPSA) is 32.3 Å². The lowest BCUT2D eigenvalue weighted by Gasteiger charge is -2.12. The van der Waals surface area contributed by atoms with Crippen molar-refractivity contribution in [1.29, 1.82) is 0 Å². The summed E-state index contributed by atoms with van der Waals surface area (Å²) in [4.78, 5) is 11.9. The fourth-order valence-corrected chi connectivity index (χ4v) is 0.873. The van der Waals surface area contributed by atoms with Crippen molar-refractivity contribution in [2.24, 2.45) is 0 Å². The first kappa shape index (κ1) is 6.13. The van der Waals surface area contributed by atoms with Crippen molar-refractivity contribution in [3.63, 3.8) is 0 Å². The first-order chi connectivity index (χ1) is 4.34. The van der Waals surface area contributed by atoms with Gasteiger partial charge in [-0.3, -0.25) is 0 Å². The average Bonchev–Trinajstić information content (AvgIpc) is 2.18. The molecular weight excluding hydrogens is 116 g/mol. The van der Waals surface area contributed by atoms with Crippen molar-refractivity contribution in [2.45, 2.75) is 0 Å². The van der Waals surface area contributed by atoms with Crippen LogP contribution in [0.1, 0.15) is 0 Å². The maximum atomic E-state index is 10.00. The first-order valence-corrected chi connectivity index (χ1v) is 2.96. The summed E-state index contributed by atoms with van der Waals surface area (Å²) in [5, 5.41) is 3.03. The molecule has 1 heterocycles. The highest BCUT2D eigenvalue weighted by atomic mass is 16.1. The third-order valence-electron chi connectivity index (χ3n) is 1.39. The Morgan fingerprint density at radius 2 is 2.67 bits per heavy atom. The van der Waals surface area contributed by atoms with E-state index < -0.39 is 0 Å². The van der Waals surface area contributed by atoms with E-state index in [4.69, 9.17) is 0 Å². The minimum Gasteiger partial charge on any atom is -0.370 e. The quantitative estimate of drug-likeness (QED) is 0.509. The molecule has 0 spiro atoms. The molecule has 1 saturated heterocycles. The van der Waals surface area contributed by atoms with Crippen molar-refractivity contribution in [3.8, 4) is 0 Å². The number of hydrogen-bond donors (Lipinski definition) is 1. The van der Waals surface area contributed by atoms with Gasteiger partial charge in [-0.05, 0) is 0 Å². The summed E-state index contributed by atoms with van der Waals surface area (Å²) in [6.45, 7) is 5.98. The maximum Gasteiger partial charge on any atom is 0.139 e. The Hall–Kier alpha value is -0.990. The van der Waals surface area contributed by atoms with Gasteiger partial charge in [0.25, 0.3) is 0 Å². The van der Waals surface area contributed by atoms with Crippen LogP contribution in [-0.2, 0) is 4.79 Å². The Morgan fingerprint density at radius 1 is 1.89 bits per heavy atom. The summed E-state index contributed by atoms with van der Waals surface area (Å²) in [7, 11) is 0. The van der Waals surface area contributed by atoms with E-state index in [1.165, 1.54) is 0 Å². The molecular formula is C6H10N2O. The number of nitrogens with zero attached hydrogens (tertiary/aromatic N) is 1. The summed E-state index contributed by atoms with van der Waals surface area (Å²) < 4.78 is 0. The highest BCUT2D eigenvalue weighted by Crippen LogP contribution is 2.01. The molecule has 0 saturated carbocycles. The molecule has 3 heteroatoms. The zero-order valence-corrected chi connectivity index (χ0v) is 5.26. The second kappa shape index (κ2) is 2.53. The summed E-state index contributed by atoms with van der Waals surface area (Å²) in [6.07, 6.45) is 0.887. The van der Waals surface area contributed by atoms with Crippen LogP contribution in [0.25, 0.3) is 0 Å². The van der Waals surface area contributed by atoms with E-state index in [1.807, 2.05) is 4.90 Å². The Bertz CT molecular complexity index is 133. The number of carbonyl (C=O) groups is 1. The summed E-state index contributed by atoms with van der Waals surface area (Å²) in [5.74, 6) is 0.863. The maximum absolute atomic E-state index is 10.00. The van der Waals surface area contributed by atoms with Crippen molar-refractivity contribution in [2.75, 3.05) is 19.6 Å². The van der Waals surface area contributed by atoms with Crippen LogP contribution in [0.15, 0.2) is 12.4 Å². The van der Waals surface area contributed by atoms with Crippen LogP contribution >= 0.6 is 0 Å². The number of carbonyl (C=O) groups excluding carboxylic acids is 1. The number of rotatable bonds is 2. The molecule has 0 atom stereocenters. The van der Waals surface area contributed by atoms with Gasteiger partial charge in [-0.15, -0.1) is 0 Å². The molecule has 0 radical (unpaired) electrons. The molecule has 0 aromatic carbocycles. The zero-order valence-electron chi connectivity index (χ0n) is 5.26. The van der Waals surface area contributed by atoms with Gasteiger partial charge < -0.3 is 15.0 Å². The van der Waals surface area contributed by atoms with Crippen LogP contribution in [0.2, 0.25) is 0 Å². The fourth-order valence-electron chi connectivity index (χ4n) is 0.873. The molecule has 1 aliphatic heterocycles. The van der Waals surface area contributed by atoms with E-state index in [-0.39, 0.29) is 0 Å². The van der Waals surface area contributed by atoms with E-state index >= 15 is 0 Å². The van der Waals surface area contributed by atoms with Crippen LogP contribution in [0.5, 0.6) is 0 Å². The van der Waals surface area contributed by atoms with Gasteiger partial charge in [0, 0.05) is 13.1 Å². The van der Waals surface area contributed by atoms with Gasteiger partial charge in [0.15, 0.2) is 0 Å². The average molecular weight is 126 g/mol. The van der Waals surface area contributed by atoms with Crippen LogP contribution in [0.4, 0.5) is 0 Å². The lowest BCUT2D eigenvalue weighted by Crippen LogP contribution is -2.21. The third kappa shape index (κ3) is 1.22. The smallest absolute Gasteiger partial charge is 0.139 e. The molecule has 0 aromatic heterocycles. The van der Waals surface area contributed by atoms with Crippen LogP contribution in [-0.4, -0.2) is 30.8 Å². The lowest BCUT2D eigenvalue weighted by molar-refractivity contribution is -0.108. The Kier molecular flexibility index (Phi) is 1.72. The molecule has 9 heavy (non-hydrogen) atoms. The Morgan fingerprint density at radius 3 is 3.11 bits per heavy atom. The molecule has 1 fully saturated rings. The van der Waals surface area contributed by atoms with Crippen molar-refractivity contribution in [3.05, 3.63) is 12.4 Å². The van der Waals surface area contributed by atoms with Crippen molar-refractivity contribution >= 4 is 6.29 Å². The molecule has 0 bridgehead atoms. The summed E-state index contributed by atoms with van der Waals surface area (Å²) >= 11 is 0. The minimum absolute atomic E-state index is 0.464. The molecule has 0 aliphatic carbocycles. The molecule has 1 rings (SSSR count). The van der Waals surface area contributed by atoms with E-state index in [9.17, 15) is 4.79 Å². The van der Waals surface area contributed by atoms with Gasteiger partial charge in [-0.25, -0.2) is 0 Å². The van der Waals surface area contributed by atoms with E-state index in [0.29, 0.717) is 6.54 Å². The van der Waals surface area contributed by atoms with Gasteiger partial charge in [-0.1, -0.05) is 6.58 Å². The third-order valence-corrected chi connectivity index (χ3v) is 1.39. The molecule has 0 amide bonds. The normalized spacial score (nSPS) is 17.8. The van der Waals surface area contributed by atoms with E-state index in [1.54, 1.807) is 0 Å². The molecule has 1 N–H and O–H groups in total. The fraction of sp³-hybridized carbons (Fsp3) is 0.500. The number of hydrogen-bond acceptors (Lipinski definition) is 3. The van der Waals surface area contributed by atoms with Gasteiger partial charge >= 0.3 is 0 Å². The van der Waals surface area contributed by atoms with Crippen LogP contribution < -0.4 is 5.32 Å². The molecule has 0 aromatic rings. The van der Waals surface area contributed by atoms with Crippen LogP contribution in [0, 0.1) is 0 Å². The van der Waals surface area contributed by atoms with Gasteiger partial charge in [0.2, 0.25) is 0 Å². The van der Waals surface area contributed by atoms with E-state index in [0.717, 1.165) is 25.2 Å². The highest BCUT2D eigenvalue weighted by Gasteiger charge is 2.11. The molecule has 50 valence electrons. The van der Waals surface area contributed by atoms with Gasteiger partial charge in [0.05, 0.1) is 12.4 Å². The van der Waals surface area contributed by atoms with E-state index in [2.05, 4.69) is 11.9 Å². The predicted octanol–water partition coefficient (Wildman–Crippen LogP) is -0.438. The summed E-state index contributed by atoms with van der Waals surface area (Å²) in [5.41, 5.74) is 0. The van der Waals surface area contributed by atoms with Crippen molar-refractivity contribution < 1.29 is 4.79 Å². The number of nitrogens with one attached hydrogen (secondary N) is 1. The standard InChI is InChI=1S/C6H10N2O/c1-6-7-2-3-8(6)4-5-9/h5,7H,1-4H2. The van der Waals surface area contributed by atoms with Gasteiger partial charge in [0.1, 0.15) is 6.29 Å².